The molecule has 2 heterocycles. The Morgan fingerprint density at radius 3 is 2.94 bits per heavy atom. The minimum Gasteiger partial charge on any atom is -0.481 e. The molecule has 18 heavy (non-hydrogen) atoms. The predicted octanol–water partition coefficient (Wildman–Crippen LogP) is 0.969. The fourth-order valence-corrected chi connectivity index (χ4v) is 2.40. The van der Waals surface area contributed by atoms with Crippen LogP contribution in [0.25, 0.3) is 0 Å². The Kier molecular flexibility index (Phi) is 4.00. The molecule has 1 aliphatic heterocycles. The lowest BCUT2D eigenvalue weighted by Gasteiger charge is -2.30. The molecule has 98 valence electrons. The first-order valence-corrected chi connectivity index (χ1v) is 6.54. The molecule has 0 bridgehead atoms. The number of carboxylic acid groups (broad SMARTS) is 1. The third kappa shape index (κ3) is 3.10. The lowest BCUT2D eigenvalue weighted by atomic mass is 9.98. The zero-order valence-corrected chi connectivity index (χ0v) is 11.3. The molecule has 6 nitrogen and oxygen atoms in total. The van der Waals surface area contributed by atoms with Gasteiger partial charge in [0, 0.05) is 19.3 Å². The van der Waals surface area contributed by atoms with Crippen LogP contribution >= 0.6 is 15.9 Å². The number of aromatic nitrogens is 2. The van der Waals surface area contributed by atoms with E-state index in [4.69, 9.17) is 5.11 Å². The molecule has 1 aliphatic rings. The van der Waals surface area contributed by atoms with E-state index in [1.54, 1.807) is 17.3 Å². The summed E-state index contributed by atoms with van der Waals surface area (Å²) in [4.78, 5) is 24.5. The highest BCUT2D eigenvalue weighted by Crippen LogP contribution is 2.17. The SMILES string of the molecule is O=C(O)C1CCCN(C(=O)Cn2cc(Br)cn2)C1. The lowest BCUT2D eigenvalue weighted by Crippen LogP contribution is -2.43. The highest BCUT2D eigenvalue weighted by molar-refractivity contribution is 9.10. The molecule has 0 radical (unpaired) electrons. The van der Waals surface area contributed by atoms with Crippen LogP contribution in [0.5, 0.6) is 0 Å². The fourth-order valence-electron chi connectivity index (χ4n) is 2.07. The second-order valence-electron chi connectivity index (χ2n) is 4.37. The Morgan fingerprint density at radius 2 is 2.33 bits per heavy atom. The van der Waals surface area contributed by atoms with E-state index in [9.17, 15) is 9.59 Å². The van der Waals surface area contributed by atoms with Crippen molar-refractivity contribution >= 4 is 27.8 Å². The van der Waals surface area contributed by atoms with Crippen LogP contribution in [0.2, 0.25) is 0 Å². The molecule has 0 spiro atoms. The highest BCUT2D eigenvalue weighted by Gasteiger charge is 2.28. The smallest absolute Gasteiger partial charge is 0.308 e. The van der Waals surface area contributed by atoms with Gasteiger partial charge in [0.1, 0.15) is 6.54 Å². The standard InChI is InChI=1S/C11H14BrN3O3/c12-9-4-13-15(6-9)7-10(16)14-3-1-2-8(5-14)11(17)18/h4,6,8H,1-3,5,7H2,(H,17,18). The van der Waals surface area contributed by atoms with Gasteiger partial charge in [-0.2, -0.15) is 5.10 Å². The number of aliphatic carboxylic acids is 1. The summed E-state index contributed by atoms with van der Waals surface area (Å²) in [5, 5.41) is 13.0. The monoisotopic (exact) mass is 315 g/mol. The molecule has 1 N–H and O–H groups in total. The molecule has 2 rings (SSSR count). The van der Waals surface area contributed by atoms with Crippen LogP contribution < -0.4 is 0 Å². The van der Waals surface area contributed by atoms with Crippen molar-refractivity contribution < 1.29 is 14.7 Å². The molecule has 0 aromatic carbocycles. The number of rotatable bonds is 3. The summed E-state index contributed by atoms with van der Waals surface area (Å²) >= 11 is 3.26. The number of hydrogen-bond acceptors (Lipinski definition) is 3. The molecule has 1 unspecified atom stereocenters. The first kappa shape index (κ1) is 13.1. The first-order chi connectivity index (χ1) is 8.56. The van der Waals surface area contributed by atoms with Gasteiger partial charge < -0.3 is 10.0 Å². The van der Waals surface area contributed by atoms with Crippen LogP contribution in [-0.4, -0.2) is 44.8 Å². The molecule has 1 atom stereocenters. The number of halogens is 1. The van der Waals surface area contributed by atoms with Crippen LogP contribution in [0.15, 0.2) is 16.9 Å². The van der Waals surface area contributed by atoms with Gasteiger partial charge in [0.05, 0.1) is 16.6 Å². The summed E-state index contributed by atoms with van der Waals surface area (Å²) in [6.07, 6.45) is 4.72. The number of hydrogen-bond donors (Lipinski definition) is 1. The molecule has 1 fully saturated rings. The molecular formula is C11H14BrN3O3. The van der Waals surface area contributed by atoms with Crippen LogP contribution in [0.4, 0.5) is 0 Å². The van der Waals surface area contributed by atoms with Gasteiger partial charge in [0.15, 0.2) is 0 Å². The Bertz CT molecular complexity index is 460. The third-order valence-electron chi connectivity index (χ3n) is 3.02. The number of nitrogens with zero attached hydrogens (tertiary/aromatic N) is 3. The Morgan fingerprint density at radius 1 is 1.56 bits per heavy atom. The predicted molar refractivity (Wildman–Crippen MR) is 66.9 cm³/mol. The van der Waals surface area contributed by atoms with Gasteiger partial charge in [-0.25, -0.2) is 0 Å². The van der Waals surface area contributed by atoms with Gasteiger partial charge in [-0.05, 0) is 28.8 Å². The van der Waals surface area contributed by atoms with E-state index in [0.717, 1.165) is 10.9 Å². The quantitative estimate of drug-likeness (QED) is 0.901. The normalized spacial score (nSPS) is 19.8. The highest BCUT2D eigenvalue weighted by atomic mass is 79.9. The summed E-state index contributed by atoms with van der Waals surface area (Å²) < 4.78 is 2.36. The number of piperidine rings is 1. The number of carbonyl (C=O) groups excluding carboxylic acids is 1. The molecule has 1 aromatic heterocycles. The van der Waals surface area contributed by atoms with E-state index < -0.39 is 11.9 Å². The summed E-state index contributed by atoms with van der Waals surface area (Å²) in [5.74, 6) is -1.35. The van der Waals surface area contributed by atoms with E-state index in [1.807, 2.05) is 0 Å². The molecule has 1 saturated heterocycles. The van der Waals surface area contributed by atoms with E-state index in [1.165, 1.54) is 4.68 Å². The van der Waals surface area contributed by atoms with Crippen molar-refractivity contribution in [2.24, 2.45) is 5.92 Å². The van der Waals surface area contributed by atoms with Crippen molar-refractivity contribution in [2.45, 2.75) is 19.4 Å². The Balaban J connectivity index is 1.94. The van der Waals surface area contributed by atoms with Crippen LogP contribution in [-0.2, 0) is 16.1 Å². The molecule has 7 heteroatoms. The minimum absolute atomic E-state index is 0.0865. The molecular weight excluding hydrogens is 302 g/mol. The van der Waals surface area contributed by atoms with E-state index in [0.29, 0.717) is 19.5 Å². The van der Waals surface area contributed by atoms with E-state index >= 15 is 0 Å². The number of carbonyl (C=O) groups is 2. The number of likely N-dealkylation sites (tertiary alicyclic amines) is 1. The van der Waals surface area contributed by atoms with Gasteiger partial charge in [0.25, 0.3) is 0 Å². The summed E-state index contributed by atoms with van der Waals surface area (Å²) in [6.45, 7) is 1.08. The topological polar surface area (TPSA) is 75.4 Å². The average molecular weight is 316 g/mol. The molecule has 1 amide bonds. The minimum atomic E-state index is -0.825. The van der Waals surface area contributed by atoms with Crippen molar-refractivity contribution in [3.63, 3.8) is 0 Å². The number of carboxylic acids is 1. The Hall–Kier alpha value is -1.37. The summed E-state index contributed by atoms with van der Waals surface area (Å²) in [5.41, 5.74) is 0. The number of amides is 1. The summed E-state index contributed by atoms with van der Waals surface area (Å²) in [6, 6.07) is 0. The van der Waals surface area contributed by atoms with Gasteiger partial charge in [0.2, 0.25) is 5.91 Å². The first-order valence-electron chi connectivity index (χ1n) is 5.75. The van der Waals surface area contributed by atoms with E-state index in [-0.39, 0.29) is 12.5 Å². The van der Waals surface area contributed by atoms with Gasteiger partial charge in [-0.1, -0.05) is 0 Å². The fraction of sp³-hybridized carbons (Fsp3) is 0.545. The van der Waals surface area contributed by atoms with Crippen LogP contribution in [0.1, 0.15) is 12.8 Å². The second-order valence-corrected chi connectivity index (χ2v) is 5.29. The lowest BCUT2D eigenvalue weighted by molar-refractivity contribution is -0.145. The van der Waals surface area contributed by atoms with Gasteiger partial charge in [-0.15, -0.1) is 0 Å². The van der Waals surface area contributed by atoms with Crippen LogP contribution in [0, 0.1) is 5.92 Å². The zero-order valence-electron chi connectivity index (χ0n) is 9.75. The van der Waals surface area contributed by atoms with Gasteiger partial charge >= 0.3 is 5.97 Å². The molecule has 1 aromatic rings. The van der Waals surface area contributed by atoms with Gasteiger partial charge in [-0.3, -0.25) is 14.3 Å². The van der Waals surface area contributed by atoms with Crippen molar-refractivity contribution in [1.29, 1.82) is 0 Å². The maximum Gasteiger partial charge on any atom is 0.308 e. The average Bonchev–Trinajstić information content (AvgIpc) is 2.75. The maximum absolute atomic E-state index is 12.0. The van der Waals surface area contributed by atoms with E-state index in [2.05, 4.69) is 21.0 Å². The third-order valence-corrected chi connectivity index (χ3v) is 3.43. The van der Waals surface area contributed by atoms with Crippen molar-refractivity contribution in [3.05, 3.63) is 16.9 Å². The van der Waals surface area contributed by atoms with Crippen molar-refractivity contribution in [3.8, 4) is 0 Å². The largest absolute Gasteiger partial charge is 0.481 e. The maximum atomic E-state index is 12.0. The second kappa shape index (κ2) is 5.51. The zero-order chi connectivity index (χ0) is 13.1. The molecule has 0 saturated carbocycles. The summed E-state index contributed by atoms with van der Waals surface area (Å²) in [7, 11) is 0. The van der Waals surface area contributed by atoms with Crippen molar-refractivity contribution in [1.82, 2.24) is 14.7 Å². The van der Waals surface area contributed by atoms with Crippen LogP contribution in [0.3, 0.4) is 0 Å². The molecule has 0 aliphatic carbocycles. The van der Waals surface area contributed by atoms with Crippen molar-refractivity contribution in [2.75, 3.05) is 13.1 Å². The Labute approximate surface area is 113 Å².